The van der Waals surface area contributed by atoms with E-state index >= 15 is 0 Å². The first-order valence-corrected chi connectivity index (χ1v) is 10.1. The summed E-state index contributed by atoms with van der Waals surface area (Å²) in [5.41, 5.74) is 1.44. The van der Waals surface area contributed by atoms with Crippen LogP contribution in [0.4, 0.5) is 10.8 Å². The number of nitrogens with one attached hydrogen (secondary N) is 2. The molecule has 1 heterocycles. The van der Waals surface area contributed by atoms with Gasteiger partial charge in [-0.1, -0.05) is 30.4 Å². The summed E-state index contributed by atoms with van der Waals surface area (Å²) in [6.45, 7) is 3.75. The minimum atomic E-state index is -3.90. The third-order valence-corrected chi connectivity index (χ3v) is 5.41. The number of benzene rings is 1. The van der Waals surface area contributed by atoms with Gasteiger partial charge in [-0.05, 0) is 31.0 Å². The molecule has 2 aromatic rings. The van der Waals surface area contributed by atoms with Crippen LogP contribution in [0.15, 0.2) is 24.3 Å². The second-order valence-corrected chi connectivity index (χ2v) is 8.48. The first-order valence-electron chi connectivity index (χ1n) is 7.46. The van der Waals surface area contributed by atoms with Crippen molar-refractivity contribution in [1.29, 1.82) is 0 Å². The topological polar surface area (TPSA) is 118 Å². The molecule has 0 radical (unpaired) electrons. The third kappa shape index (κ3) is 6.24. The summed E-state index contributed by atoms with van der Waals surface area (Å²) in [4.78, 5) is 23.7. The van der Waals surface area contributed by atoms with E-state index in [2.05, 4.69) is 20.8 Å². The van der Waals surface area contributed by atoms with Crippen LogP contribution in [0.3, 0.4) is 0 Å². The molecule has 0 saturated heterocycles. The van der Waals surface area contributed by atoms with Crippen molar-refractivity contribution < 1.29 is 18.0 Å². The Balaban J connectivity index is 1.89. The van der Waals surface area contributed by atoms with Crippen LogP contribution in [-0.2, 0) is 25.8 Å². The number of aromatic nitrogens is 2. The summed E-state index contributed by atoms with van der Waals surface area (Å²) in [6, 6.07) is 6.98. The first kappa shape index (κ1) is 19.0. The Hall–Kier alpha value is -2.33. The Morgan fingerprint density at radius 3 is 2.40 bits per heavy atom. The van der Waals surface area contributed by atoms with Crippen LogP contribution >= 0.6 is 11.3 Å². The van der Waals surface area contributed by atoms with E-state index in [0.717, 1.165) is 10.6 Å². The summed E-state index contributed by atoms with van der Waals surface area (Å²) in [7, 11) is -3.90. The van der Waals surface area contributed by atoms with Crippen molar-refractivity contribution in [3.05, 3.63) is 34.8 Å². The second kappa shape index (κ2) is 8.17. The zero-order valence-electron chi connectivity index (χ0n) is 13.8. The molecule has 134 valence electrons. The van der Waals surface area contributed by atoms with Crippen molar-refractivity contribution in [2.45, 2.75) is 20.3 Å². The van der Waals surface area contributed by atoms with Crippen LogP contribution in [0.1, 0.15) is 17.5 Å². The monoisotopic (exact) mass is 382 g/mol. The summed E-state index contributed by atoms with van der Waals surface area (Å²) < 4.78 is 24.0. The smallest absolute Gasteiger partial charge is 0.241 e. The lowest BCUT2D eigenvalue weighted by atomic mass is 10.2. The number of aryl methyl sites for hydroxylation is 2. The predicted octanol–water partition coefficient (Wildman–Crippen LogP) is 1.40. The van der Waals surface area contributed by atoms with Crippen LogP contribution in [0.25, 0.3) is 0 Å². The van der Waals surface area contributed by atoms with Crippen molar-refractivity contribution in [1.82, 2.24) is 10.2 Å². The molecule has 25 heavy (non-hydrogen) atoms. The van der Waals surface area contributed by atoms with Crippen molar-refractivity contribution in [3.63, 3.8) is 0 Å². The van der Waals surface area contributed by atoms with Crippen LogP contribution in [0.5, 0.6) is 0 Å². The maximum atomic E-state index is 12.0. The number of rotatable bonds is 7. The Morgan fingerprint density at radius 2 is 1.80 bits per heavy atom. The quantitative estimate of drug-likeness (QED) is 0.747. The van der Waals surface area contributed by atoms with Gasteiger partial charge in [0, 0.05) is 5.69 Å². The predicted molar refractivity (Wildman–Crippen MR) is 96.4 cm³/mol. The molecule has 0 aliphatic carbocycles. The zero-order valence-corrected chi connectivity index (χ0v) is 15.4. The van der Waals surface area contributed by atoms with E-state index in [0.29, 0.717) is 12.1 Å². The standard InChI is InChI=1S/C15H18N4O4S2/c1-3-14-18-19-15(24-14)17-13(21)9-25(22,23)8-12(20)16-11-6-4-5-10(2)7-11/h4-7H,3,8-9H2,1-2H3,(H,16,20)(H,17,19,21). The van der Waals surface area contributed by atoms with Gasteiger partial charge >= 0.3 is 0 Å². The highest BCUT2D eigenvalue weighted by molar-refractivity contribution is 7.92. The molecule has 2 rings (SSSR count). The van der Waals surface area contributed by atoms with E-state index in [9.17, 15) is 18.0 Å². The largest absolute Gasteiger partial charge is 0.325 e. The van der Waals surface area contributed by atoms with Gasteiger partial charge in [0.1, 0.15) is 16.5 Å². The van der Waals surface area contributed by atoms with E-state index in [1.807, 2.05) is 19.9 Å². The molecule has 0 saturated carbocycles. The third-order valence-electron chi connectivity index (χ3n) is 3.02. The summed E-state index contributed by atoms with van der Waals surface area (Å²) >= 11 is 1.18. The minimum absolute atomic E-state index is 0.237. The van der Waals surface area contributed by atoms with Gasteiger partial charge < -0.3 is 5.32 Å². The van der Waals surface area contributed by atoms with E-state index in [1.165, 1.54) is 11.3 Å². The van der Waals surface area contributed by atoms with E-state index < -0.39 is 33.2 Å². The Kier molecular flexibility index (Phi) is 6.21. The van der Waals surface area contributed by atoms with Crippen LogP contribution < -0.4 is 10.6 Å². The van der Waals surface area contributed by atoms with Gasteiger partial charge in [-0.25, -0.2) is 8.42 Å². The molecule has 0 aliphatic heterocycles. The lowest BCUT2D eigenvalue weighted by Gasteiger charge is -2.07. The maximum Gasteiger partial charge on any atom is 0.241 e. The Labute approximate surface area is 149 Å². The highest BCUT2D eigenvalue weighted by Gasteiger charge is 2.21. The number of hydrogen-bond acceptors (Lipinski definition) is 7. The number of anilines is 2. The van der Waals surface area contributed by atoms with Crippen molar-refractivity contribution in [2.75, 3.05) is 22.1 Å². The molecule has 0 bridgehead atoms. The maximum absolute atomic E-state index is 12.0. The molecule has 2 N–H and O–H groups in total. The molecular formula is C15H18N4O4S2. The van der Waals surface area contributed by atoms with Gasteiger partial charge in [-0.3, -0.25) is 14.9 Å². The number of amides is 2. The van der Waals surface area contributed by atoms with Crippen molar-refractivity contribution in [3.8, 4) is 0 Å². The molecule has 1 aromatic carbocycles. The fraction of sp³-hybridized carbons (Fsp3) is 0.333. The summed E-state index contributed by atoms with van der Waals surface area (Å²) in [5.74, 6) is -3.01. The number of carbonyl (C=O) groups excluding carboxylic acids is 2. The molecule has 0 unspecified atom stereocenters. The molecule has 0 spiro atoms. The summed E-state index contributed by atoms with van der Waals surface area (Å²) in [5, 5.41) is 13.4. The van der Waals surface area contributed by atoms with Crippen molar-refractivity contribution in [2.24, 2.45) is 0 Å². The lowest BCUT2D eigenvalue weighted by molar-refractivity contribution is -0.114. The Morgan fingerprint density at radius 1 is 1.12 bits per heavy atom. The number of hydrogen-bond donors (Lipinski definition) is 2. The van der Waals surface area contributed by atoms with Crippen molar-refractivity contribution >= 4 is 43.8 Å². The number of carbonyl (C=O) groups is 2. The minimum Gasteiger partial charge on any atom is -0.325 e. The first-order chi connectivity index (χ1) is 11.8. The second-order valence-electron chi connectivity index (χ2n) is 5.35. The molecule has 0 aliphatic rings. The van der Waals surface area contributed by atoms with Gasteiger partial charge in [0.15, 0.2) is 9.84 Å². The molecule has 10 heteroatoms. The van der Waals surface area contributed by atoms with E-state index in [-0.39, 0.29) is 5.13 Å². The lowest BCUT2D eigenvalue weighted by Crippen LogP contribution is -2.30. The normalized spacial score (nSPS) is 11.1. The fourth-order valence-electron chi connectivity index (χ4n) is 1.97. The Bertz CT molecular complexity index is 877. The average Bonchev–Trinajstić information content (AvgIpc) is 2.93. The van der Waals surface area contributed by atoms with Gasteiger partial charge in [0.25, 0.3) is 0 Å². The fourth-order valence-corrected chi connectivity index (χ4v) is 3.71. The van der Waals surface area contributed by atoms with Gasteiger partial charge in [-0.15, -0.1) is 10.2 Å². The molecular weight excluding hydrogens is 364 g/mol. The number of nitrogens with zero attached hydrogens (tertiary/aromatic N) is 2. The SMILES string of the molecule is CCc1nnc(NC(=O)CS(=O)(=O)CC(=O)Nc2cccc(C)c2)s1. The zero-order chi connectivity index (χ0) is 18.4. The average molecular weight is 382 g/mol. The molecule has 0 atom stereocenters. The molecule has 8 nitrogen and oxygen atoms in total. The molecule has 2 amide bonds. The van der Waals surface area contributed by atoms with E-state index in [1.54, 1.807) is 18.2 Å². The van der Waals surface area contributed by atoms with Gasteiger partial charge in [0.2, 0.25) is 16.9 Å². The highest BCUT2D eigenvalue weighted by Crippen LogP contribution is 2.15. The molecule has 0 fully saturated rings. The van der Waals surface area contributed by atoms with Gasteiger partial charge in [-0.2, -0.15) is 0 Å². The van der Waals surface area contributed by atoms with Crippen LogP contribution in [-0.4, -0.2) is 41.9 Å². The molecule has 1 aromatic heterocycles. The van der Waals surface area contributed by atoms with E-state index in [4.69, 9.17) is 0 Å². The highest BCUT2D eigenvalue weighted by atomic mass is 32.2. The summed E-state index contributed by atoms with van der Waals surface area (Å²) in [6.07, 6.45) is 0.672. The number of sulfone groups is 1. The van der Waals surface area contributed by atoms with Gasteiger partial charge in [0.05, 0.1) is 0 Å². The van der Waals surface area contributed by atoms with Crippen LogP contribution in [0, 0.1) is 6.92 Å². The van der Waals surface area contributed by atoms with Crippen LogP contribution in [0.2, 0.25) is 0 Å².